The second kappa shape index (κ2) is 5.77. The van der Waals surface area contributed by atoms with E-state index in [0.717, 1.165) is 6.33 Å². The third-order valence-electron chi connectivity index (χ3n) is 3.65. The first kappa shape index (κ1) is 9.82. The van der Waals surface area contributed by atoms with Crippen LogP contribution in [0.25, 0.3) is 10.9 Å². The molecule has 2 N–H and O–H groups in total. The number of alkyl halides is 2. The predicted molar refractivity (Wildman–Crippen MR) is 82.0 cm³/mol. The summed E-state index contributed by atoms with van der Waals surface area (Å²) in [5, 5.41) is 0.0308. The highest BCUT2D eigenvalue weighted by Crippen LogP contribution is 2.40. The van der Waals surface area contributed by atoms with Crippen LogP contribution in [0.2, 0.25) is 0 Å². The van der Waals surface area contributed by atoms with Crippen LogP contribution < -0.4 is 15.2 Å². The molecule has 6 nitrogen and oxygen atoms in total. The topological polar surface area (TPSA) is 73.5 Å². The molecule has 1 aromatic carbocycles. The number of hydrogen-bond acceptors (Lipinski definition) is 6. The molecule has 1 unspecified atom stereocenters. The Bertz CT molecular complexity index is 909. The number of anilines is 1. The number of methoxy groups -OCH3 is 1. The van der Waals surface area contributed by atoms with Crippen LogP contribution in [0, 0.1) is 0 Å². The lowest BCUT2D eigenvalue weighted by Gasteiger charge is -2.36. The van der Waals surface area contributed by atoms with Gasteiger partial charge in [0.1, 0.15) is 12.1 Å². The molecule has 0 radical (unpaired) electrons. The van der Waals surface area contributed by atoms with Crippen molar-refractivity contribution < 1.29 is 26.5 Å². The number of rotatable bonds is 3. The smallest absolute Gasteiger partial charge is 0.296 e. The van der Waals surface area contributed by atoms with Gasteiger partial charge in [-0.1, -0.05) is 0 Å². The quantitative estimate of drug-likeness (QED) is 0.927. The second-order valence-electron chi connectivity index (χ2n) is 5.23. The number of halogens is 2. The van der Waals surface area contributed by atoms with Gasteiger partial charge in [0, 0.05) is 17.1 Å². The van der Waals surface area contributed by atoms with Crippen molar-refractivity contribution in [2.75, 3.05) is 32.8 Å². The van der Waals surface area contributed by atoms with Crippen molar-refractivity contribution in [3.63, 3.8) is 0 Å². The normalized spacial score (nSPS) is 26.3. The minimum absolute atomic E-state index is 0.0308. The van der Waals surface area contributed by atoms with Crippen LogP contribution in [0.1, 0.15) is 14.6 Å². The Labute approximate surface area is 140 Å². The SMILES string of the molecule is [2H]C([2H])([2H])Oc1ccc2ncnc(N)c2c1OC1CCN(C([2H])([2H])[2H])CC1(F)F. The lowest BCUT2D eigenvalue weighted by molar-refractivity contribution is -0.135. The van der Waals surface area contributed by atoms with Crippen molar-refractivity contribution in [2.45, 2.75) is 18.4 Å². The van der Waals surface area contributed by atoms with E-state index < -0.39 is 32.6 Å². The average molecular weight is 330 g/mol. The number of aromatic nitrogens is 2. The van der Waals surface area contributed by atoms with E-state index in [2.05, 4.69) is 9.97 Å². The maximum atomic E-state index is 14.7. The maximum absolute atomic E-state index is 14.7. The molecular formula is C15H18F2N4O2. The van der Waals surface area contributed by atoms with Gasteiger partial charge in [-0.15, -0.1) is 0 Å². The minimum atomic E-state index is -3.53. The molecule has 1 aliphatic heterocycles. The molecular weight excluding hydrogens is 306 g/mol. The van der Waals surface area contributed by atoms with Gasteiger partial charge in [0.25, 0.3) is 5.92 Å². The Morgan fingerprint density at radius 1 is 1.43 bits per heavy atom. The van der Waals surface area contributed by atoms with E-state index in [1.54, 1.807) is 0 Å². The molecule has 0 spiro atoms. The standard InChI is InChI=1S/C15H18F2N4O2/c1-21-6-5-11(15(16,17)7-21)23-13-10(22-2)4-3-9-12(13)14(18)20-8-19-9/h3-4,8,11H,5-7H2,1-2H3,(H2,18,19,20)/i1D3,2D3. The number of likely N-dealkylation sites (tertiary alicyclic amines) is 1. The molecule has 3 rings (SSSR count). The number of piperidine rings is 1. The number of nitrogens with two attached hydrogens (primary N) is 1. The Kier molecular flexibility index (Phi) is 2.46. The maximum Gasteiger partial charge on any atom is 0.296 e. The van der Waals surface area contributed by atoms with E-state index in [-0.39, 0.29) is 41.2 Å². The number of benzene rings is 1. The van der Waals surface area contributed by atoms with Crippen molar-refractivity contribution in [2.24, 2.45) is 0 Å². The van der Waals surface area contributed by atoms with E-state index in [1.165, 1.54) is 12.1 Å². The van der Waals surface area contributed by atoms with Gasteiger partial charge in [-0.2, -0.15) is 0 Å². The van der Waals surface area contributed by atoms with Gasteiger partial charge in [0.05, 0.1) is 28.6 Å². The van der Waals surface area contributed by atoms with E-state index >= 15 is 0 Å². The summed E-state index contributed by atoms with van der Waals surface area (Å²) in [6, 6.07) is 2.63. The highest BCUT2D eigenvalue weighted by atomic mass is 19.3. The first-order valence-electron chi connectivity index (χ1n) is 9.80. The van der Waals surface area contributed by atoms with Gasteiger partial charge in [-0.25, -0.2) is 18.7 Å². The Morgan fingerprint density at radius 2 is 2.30 bits per heavy atom. The molecule has 0 aliphatic carbocycles. The predicted octanol–water partition coefficient (Wildman–Crippen LogP) is 1.94. The fourth-order valence-corrected chi connectivity index (χ4v) is 2.53. The van der Waals surface area contributed by atoms with Gasteiger partial charge in [-0.3, -0.25) is 0 Å². The molecule has 1 aromatic heterocycles. The summed E-state index contributed by atoms with van der Waals surface area (Å²) in [7, 11) is -2.87. The van der Waals surface area contributed by atoms with Crippen LogP contribution in [-0.2, 0) is 0 Å². The minimum Gasteiger partial charge on any atom is -0.493 e. The first-order valence-corrected chi connectivity index (χ1v) is 6.80. The Balaban J connectivity index is 2.01. The summed E-state index contributed by atoms with van der Waals surface area (Å²) in [5.41, 5.74) is 6.09. The Morgan fingerprint density at radius 3 is 3.04 bits per heavy atom. The van der Waals surface area contributed by atoms with Gasteiger partial charge < -0.3 is 20.1 Å². The molecule has 8 heteroatoms. The fourth-order valence-electron chi connectivity index (χ4n) is 2.53. The molecule has 1 saturated heterocycles. The van der Waals surface area contributed by atoms with Crippen LogP contribution in [-0.4, -0.2) is 54.0 Å². The largest absolute Gasteiger partial charge is 0.493 e. The first-order chi connectivity index (χ1) is 13.3. The molecule has 124 valence electrons. The van der Waals surface area contributed by atoms with Crippen molar-refractivity contribution in [1.29, 1.82) is 0 Å². The third kappa shape index (κ3) is 2.86. The lowest BCUT2D eigenvalue weighted by Crippen LogP contribution is -2.52. The number of hydrogen-bond donors (Lipinski definition) is 1. The zero-order chi connectivity index (χ0) is 21.6. The molecule has 2 aromatic rings. The summed E-state index contributed by atoms with van der Waals surface area (Å²) in [4.78, 5) is 8.46. The molecule has 2 heterocycles. The fraction of sp³-hybridized carbons (Fsp3) is 0.467. The second-order valence-corrected chi connectivity index (χ2v) is 5.23. The molecule has 23 heavy (non-hydrogen) atoms. The van der Waals surface area contributed by atoms with Crippen molar-refractivity contribution >= 4 is 16.7 Å². The van der Waals surface area contributed by atoms with Crippen LogP contribution in [0.4, 0.5) is 14.6 Å². The zero-order valence-electron chi connectivity index (χ0n) is 17.9. The van der Waals surface area contributed by atoms with Crippen LogP contribution in [0.3, 0.4) is 0 Å². The highest BCUT2D eigenvalue weighted by molar-refractivity contribution is 5.95. The zero-order valence-corrected chi connectivity index (χ0v) is 11.9. The average Bonchev–Trinajstić information content (AvgIpc) is 2.56. The van der Waals surface area contributed by atoms with E-state index in [4.69, 9.17) is 23.4 Å². The third-order valence-corrected chi connectivity index (χ3v) is 3.65. The molecule has 1 aliphatic rings. The number of nitrogen functional groups attached to an aromatic ring is 1. The Hall–Kier alpha value is -2.22. The van der Waals surface area contributed by atoms with Crippen molar-refractivity contribution in [1.82, 2.24) is 14.9 Å². The molecule has 1 fully saturated rings. The van der Waals surface area contributed by atoms with Crippen LogP contribution in [0.15, 0.2) is 18.5 Å². The van der Waals surface area contributed by atoms with Gasteiger partial charge in [-0.05, 0) is 19.1 Å². The summed E-state index contributed by atoms with van der Waals surface area (Å²) >= 11 is 0. The van der Waals surface area contributed by atoms with Crippen LogP contribution >= 0.6 is 0 Å². The van der Waals surface area contributed by atoms with Crippen molar-refractivity contribution in [3.05, 3.63) is 18.5 Å². The number of fused-ring (bicyclic) bond motifs is 1. The van der Waals surface area contributed by atoms with Gasteiger partial charge in [0.2, 0.25) is 0 Å². The highest BCUT2D eigenvalue weighted by Gasteiger charge is 2.46. The molecule has 1 atom stereocenters. The van der Waals surface area contributed by atoms with Crippen molar-refractivity contribution in [3.8, 4) is 11.5 Å². The van der Waals surface area contributed by atoms with E-state index in [9.17, 15) is 8.78 Å². The van der Waals surface area contributed by atoms with E-state index in [0.29, 0.717) is 4.90 Å². The lowest BCUT2D eigenvalue weighted by atomic mass is 10.0. The summed E-state index contributed by atoms with van der Waals surface area (Å²) in [6.45, 7) is -3.87. The summed E-state index contributed by atoms with van der Waals surface area (Å²) in [6.07, 6.45) is -0.886. The number of nitrogens with zero attached hydrogens (tertiary/aromatic N) is 3. The monoisotopic (exact) mass is 330 g/mol. The summed E-state index contributed by atoms with van der Waals surface area (Å²) in [5.74, 6) is -4.29. The molecule has 0 amide bonds. The van der Waals surface area contributed by atoms with Gasteiger partial charge >= 0.3 is 0 Å². The molecule has 0 bridgehead atoms. The van der Waals surface area contributed by atoms with Gasteiger partial charge in [0.15, 0.2) is 17.6 Å². The molecule has 0 saturated carbocycles. The van der Waals surface area contributed by atoms with E-state index in [1.807, 2.05) is 0 Å². The number of ether oxygens (including phenoxy) is 2. The summed E-state index contributed by atoms with van der Waals surface area (Å²) < 4.78 is 83.6. The van der Waals surface area contributed by atoms with Crippen LogP contribution in [0.5, 0.6) is 11.5 Å².